The lowest BCUT2D eigenvalue weighted by Crippen LogP contribution is -2.46. The molecule has 2 aliphatic rings. The number of likely N-dealkylation sites (N-methyl/N-ethyl adjacent to an activating group) is 1. The normalized spacial score (nSPS) is 17.2. The van der Waals surface area contributed by atoms with Gasteiger partial charge in [0.15, 0.2) is 0 Å². The third-order valence-corrected chi connectivity index (χ3v) is 6.72. The van der Waals surface area contributed by atoms with Crippen molar-refractivity contribution in [3.05, 3.63) is 101 Å². The maximum atomic E-state index is 13.5. The van der Waals surface area contributed by atoms with Crippen LogP contribution in [-0.2, 0) is 17.8 Å². The molecule has 34 heavy (non-hydrogen) atoms. The third kappa shape index (κ3) is 3.22. The Morgan fingerprint density at radius 2 is 1.79 bits per heavy atom. The second-order valence-electron chi connectivity index (χ2n) is 8.77. The van der Waals surface area contributed by atoms with Crippen LogP contribution in [0.4, 0.5) is 5.69 Å². The number of aliphatic imine (C=N–C) groups is 1. The number of carbonyl (C=O) groups is 2. The van der Waals surface area contributed by atoms with Crippen LogP contribution in [0, 0.1) is 0 Å². The first-order chi connectivity index (χ1) is 16.6. The quantitative estimate of drug-likeness (QED) is 0.512. The Labute approximate surface area is 197 Å². The van der Waals surface area contributed by atoms with Crippen LogP contribution < -0.4 is 10.2 Å². The van der Waals surface area contributed by atoms with E-state index in [1.54, 1.807) is 11.9 Å². The van der Waals surface area contributed by atoms with Gasteiger partial charge in [0.25, 0.3) is 11.8 Å². The summed E-state index contributed by atoms with van der Waals surface area (Å²) >= 11 is 0. The SMILES string of the molecule is CN1C(=O)[C@H](NC(=O)c2cc3cccc4c3n2CCC4)N=C(c2ccccc2)c2ccccc21. The number of benzodiazepines with no additional fused rings is 1. The van der Waals surface area contributed by atoms with Gasteiger partial charge in [0.05, 0.1) is 16.9 Å². The zero-order valence-electron chi connectivity index (χ0n) is 18.9. The summed E-state index contributed by atoms with van der Waals surface area (Å²) in [6, 6.07) is 25.6. The third-order valence-electron chi connectivity index (χ3n) is 6.72. The highest BCUT2D eigenvalue weighted by Crippen LogP contribution is 2.30. The molecule has 0 aliphatic carbocycles. The maximum absolute atomic E-state index is 13.5. The zero-order chi connectivity index (χ0) is 23.2. The van der Waals surface area contributed by atoms with E-state index < -0.39 is 6.17 Å². The van der Waals surface area contributed by atoms with Gasteiger partial charge in [0, 0.05) is 30.1 Å². The number of aryl methyl sites for hydroxylation is 2. The van der Waals surface area contributed by atoms with Crippen LogP contribution >= 0.6 is 0 Å². The van der Waals surface area contributed by atoms with Gasteiger partial charge in [-0.2, -0.15) is 0 Å². The number of benzene rings is 3. The summed E-state index contributed by atoms with van der Waals surface area (Å²) in [5.74, 6) is -0.569. The molecule has 3 aromatic carbocycles. The molecular weight excluding hydrogens is 424 g/mol. The van der Waals surface area contributed by atoms with Crippen molar-refractivity contribution < 1.29 is 9.59 Å². The second-order valence-corrected chi connectivity index (χ2v) is 8.77. The van der Waals surface area contributed by atoms with Gasteiger partial charge in [-0.15, -0.1) is 0 Å². The van der Waals surface area contributed by atoms with Crippen LogP contribution in [-0.4, -0.2) is 35.3 Å². The van der Waals surface area contributed by atoms with Crippen molar-refractivity contribution in [1.82, 2.24) is 9.88 Å². The Balaban J connectivity index is 1.43. The number of aromatic nitrogens is 1. The van der Waals surface area contributed by atoms with Crippen LogP contribution in [0.15, 0.2) is 83.9 Å². The molecule has 6 heteroatoms. The Hall–Kier alpha value is -4.19. The molecule has 3 heterocycles. The van der Waals surface area contributed by atoms with Crippen molar-refractivity contribution in [2.75, 3.05) is 11.9 Å². The van der Waals surface area contributed by atoms with Crippen LogP contribution in [0.1, 0.15) is 33.6 Å². The number of nitrogens with zero attached hydrogens (tertiary/aromatic N) is 3. The number of rotatable bonds is 3. The fourth-order valence-electron chi connectivity index (χ4n) is 5.09. The van der Waals surface area contributed by atoms with Gasteiger partial charge in [-0.1, -0.05) is 66.7 Å². The minimum Gasteiger partial charge on any atom is -0.336 e. The van der Waals surface area contributed by atoms with Crippen molar-refractivity contribution in [2.24, 2.45) is 4.99 Å². The van der Waals surface area contributed by atoms with Crippen molar-refractivity contribution in [1.29, 1.82) is 0 Å². The van der Waals surface area contributed by atoms with E-state index in [1.807, 2.05) is 72.8 Å². The lowest BCUT2D eigenvalue weighted by atomic mass is 10.0. The lowest BCUT2D eigenvalue weighted by molar-refractivity contribution is -0.119. The summed E-state index contributed by atoms with van der Waals surface area (Å²) in [6.45, 7) is 0.783. The molecule has 0 unspecified atom stereocenters. The number of amides is 2. The summed E-state index contributed by atoms with van der Waals surface area (Å²) in [5.41, 5.74) is 6.14. The minimum atomic E-state index is -1.03. The predicted molar refractivity (Wildman–Crippen MR) is 133 cm³/mol. The Morgan fingerprint density at radius 1 is 1.00 bits per heavy atom. The number of anilines is 1. The number of para-hydroxylation sites is 2. The van der Waals surface area contributed by atoms with Crippen molar-refractivity contribution in [3.8, 4) is 0 Å². The molecule has 2 aliphatic heterocycles. The van der Waals surface area contributed by atoms with E-state index in [9.17, 15) is 9.59 Å². The Kier molecular flexibility index (Phi) is 4.80. The molecule has 1 aromatic heterocycles. The first-order valence-corrected chi connectivity index (χ1v) is 11.5. The number of carbonyl (C=O) groups excluding carboxylic acids is 2. The summed E-state index contributed by atoms with van der Waals surface area (Å²) < 4.78 is 2.07. The summed E-state index contributed by atoms with van der Waals surface area (Å²) in [5, 5.41) is 3.98. The van der Waals surface area contributed by atoms with Crippen molar-refractivity contribution in [3.63, 3.8) is 0 Å². The van der Waals surface area contributed by atoms with Crippen molar-refractivity contribution in [2.45, 2.75) is 25.6 Å². The van der Waals surface area contributed by atoms with Gasteiger partial charge in [-0.25, -0.2) is 4.99 Å². The molecule has 1 N–H and O–H groups in total. The number of hydrogen-bond donors (Lipinski definition) is 1. The highest BCUT2D eigenvalue weighted by molar-refractivity contribution is 6.20. The minimum absolute atomic E-state index is 0.276. The van der Waals surface area contributed by atoms with Crippen LogP contribution in [0.5, 0.6) is 0 Å². The molecule has 0 fully saturated rings. The average molecular weight is 449 g/mol. The van der Waals surface area contributed by atoms with E-state index in [-0.39, 0.29) is 11.8 Å². The largest absolute Gasteiger partial charge is 0.336 e. The van der Waals surface area contributed by atoms with E-state index in [1.165, 1.54) is 5.56 Å². The van der Waals surface area contributed by atoms with E-state index in [0.717, 1.165) is 47.1 Å². The average Bonchev–Trinajstić information content (AvgIpc) is 3.22. The summed E-state index contributed by atoms with van der Waals surface area (Å²) in [7, 11) is 1.73. The smallest absolute Gasteiger partial charge is 0.272 e. The molecule has 6 rings (SSSR count). The molecular formula is C28H24N4O2. The predicted octanol–water partition coefficient (Wildman–Crippen LogP) is 4.16. The highest BCUT2D eigenvalue weighted by Gasteiger charge is 2.32. The van der Waals surface area contributed by atoms with Crippen LogP contribution in [0.3, 0.4) is 0 Å². The van der Waals surface area contributed by atoms with Gasteiger partial charge in [0.1, 0.15) is 5.69 Å². The van der Waals surface area contributed by atoms with Crippen LogP contribution in [0.25, 0.3) is 10.9 Å². The summed E-state index contributed by atoms with van der Waals surface area (Å²) in [6.07, 6.45) is 0.962. The molecule has 168 valence electrons. The zero-order valence-corrected chi connectivity index (χ0v) is 18.9. The van der Waals surface area contributed by atoms with Crippen LogP contribution in [0.2, 0.25) is 0 Å². The maximum Gasteiger partial charge on any atom is 0.272 e. The Bertz CT molecular complexity index is 1470. The van der Waals surface area contributed by atoms with E-state index in [2.05, 4.69) is 16.0 Å². The standard InChI is InChI=1S/C28H24N4O2/c1-31-22-15-6-5-14-21(22)24(18-9-3-2-4-10-18)29-26(28(31)34)30-27(33)23-17-20-12-7-11-19-13-8-16-32(23)25(19)20/h2-7,9-12,14-15,17,26H,8,13,16H2,1H3,(H,30,33)/t26-/m0/s1. The van der Waals surface area contributed by atoms with Gasteiger partial charge >= 0.3 is 0 Å². The van der Waals surface area contributed by atoms with Gasteiger partial charge in [-0.05, 0) is 30.5 Å². The first-order valence-electron chi connectivity index (χ1n) is 11.5. The van der Waals surface area contributed by atoms with Crippen molar-refractivity contribution >= 4 is 34.1 Å². The molecule has 0 saturated heterocycles. The first kappa shape index (κ1) is 20.4. The van der Waals surface area contributed by atoms with E-state index in [0.29, 0.717) is 11.4 Å². The van der Waals surface area contributed by atoms with Gasteiger partial charge < -0.3 is 14.8 Å². The molecule has 2 amide bonds. The number of hydrogen-bond acceptors (Lipinski definition) is 3. The fourth-order valence-corrected chi connectivity index (χ4v) is 5.09. The molecule has 0 radical (unpaired) electrons. The van der Waals surface area contributed by atoms with E-state index >= 15 is 0 Å². The number of nitrogens with one attached hydrogen (secondary N) is 1. The Morgan fingerprint density at radius 3 is 2.65 bits per heavy atom. The highest BCUT2D eigenvalue weighted by atomic mass is 16.2. The molecule has 4 aromatic rings. The molecule has 0 saturated carbocycles. The lowest BCUT2D eigenvalue weighted by Gasteiger charge is -2.21. The topological polar surface area (TPSA) is 66.7 Å². The van der Waals surface area contributed by atoms with Gasteiger partial charge in [0.2, 0.25) is 6.17 Å². The molecule has 6 nitrogen and oxygen atoms in total. The molecule has 0 spiro atoms. The molecule has 0 bridgehead atoms. The number of fused-ring (bicyclic) bond motifs is 1. The van der Waals surface area contributed by atoms with E-state index in [4.69, 9.17) is 4.99 Å². The summed E-state index contributed by atoms with van der Waals surface area (Å²) in [4.78, 5) is 33.3. The fraction of sp³-hybridized carbons (Fsp3) is 0.179. The van der Waals surface area contributed by atoms with Gasteiger partial charge in [-0.3, -0.25) is 9.59 Å². The second kappa shape index (κ2) is 7.99. The monoisotopic (exact) mass is 448 g/mol. The molecule has 1 atom stereocenters.